The number of methoxy groups -OCH3 is 2. The third kappa shape index (κ3) is 6.96. The normalized spacial score (nSPS) is 16.3. The summed E-state index contributed by atoms with van der Waals surface area (Å²) in [5.74, 6) is -0.689. The molecule has 0 bridgehead atoms. The molecule has 12 heteroatoms. The smallest absolute Gasteiger partial charge is 0.341 e. The molecule has 2 unspecified atom stereocenters. The molecule has 5 aromatic carbocycles. The van der Waals surface area contributed by atoms with E-state index in [0.29, 0.717) is 18.7 Å². The van der Waals surface area contributed by atoms with E-state index < -0.39 is 11.6 Å². The van der Waals surface area contributed by atoms with Gasteiger partial charge < -0.3 is 32.5 Å². The van der Waals surface area contributed by atoms with E-state index in [0.717, 1.165) is 99.8 Å². The zero-order chi connectivity index (χ0) is 49.7. The van der Waals surface area contributed by atoms with E-state index in [9.17, 15) is 0 Å². The van der Waals surface area contributed by atoms with Crippen molar-refractivity contribution in [2.24, 2.45) is 0 Å². The van der Waals surface area contributed by atoms with Gasteiger partial charge in [-0.2, -0.15) is 0 Å². The number of nitrogens with zero attached hydrogens (tertiary/aromatic N) is 4. The number of aryl methyl sites for hydroxylation is 2. The fraction of sp³-hybridized carbons (Fsp3) is 0.259. The lowest BCUT2D eigenvalue weighted by molar-refractivity contribution is 0.0300. The van der Waals surface area contributed by atoms with E-state index in [-0.39, 0.29) is 38.1 Å². The molecular weight excluding hydrogens is 958 g/mol. The Kier molecular flexibility index (Phi) is 12.4. The third-order valence-electron chi connectivity index (χ3n) is 14.7. The average Bonchev–Trinajstić information content (AvgIpc) is 4.10. The molecule has 0 aliphatic carbocycles. The van der Waals surface area contributed by atoms with Crippen molar-refractivity contribution in [2.75, 3.05) is 14.2 Å². The van der Waals surface area contributed by atoms with E-state index in [1.165, 1.54) is 0 Å². The van der Waals surface area contributed by atoms with Crippen molar-refractivity contribution in [1.82, 2.24) is 18.3 Å². The maximum atomic E-state index is 15.1. The molecule has 0 saturated heterocycles. The van der Waals surface area contributed by atoms with E-state index in [4.69, 9.17) is 60.6 Å². The first-order valence-corrected chi connectivity index (χ1v) is 25.1. The SMILES string of the molecule is CCn1c(C)c(/C(=C\C2(/C=C(\c3c(C)n(CC)c4ccccc34)c3c(C)n(C(C)OC)c4ccccc34)OC(=O)c3c(Cl)c(Cl)c(Cl)c(Cl)c32)c2c(C)n(C(C)OC)c3ccccc23)c2ccccc21. The van der Waals surface area contributed by atoms with Gasteiger partial charge in [0.15, 0.2) is 5.60 Å². The van der Waals surface area contributed by atoms with E-state index in [1.807, 2.05) is 26.0 Å². The minimum Gasteiger partial charge on any atom is -0.442 e. The first-order valence-electron chi connectivity index (χ1n) is 23.6. The Morgan fingerprint density at radius 1 is 0.543 bits per heavy atom. The van der Waals surface area contributed by atoms with Gasteiger partial charge in [0, 0.05) is 110 Å². The second kappa shape index (κ2) is 18.2. The highest BCUT2D eigenvalue weighted by atomic mass is 35.5. The van der Waals surface area contributed by atoms with Gasteiger partial charge in [-0.15, -0.1) is 0 Å². The summed E-state index contributed by atoms with van der Waals surface area (Å²) >= 11 is 28.8. The highest BCUT2D eigenvalue weighted by molar-refractivity contribution is 6.53. The third-order valence-corrected chi connectivity index (χ3v) is 16.5. The molecule has 8 nitrogen and oxygen atoms in total. The number of halogens is 4. The number of cyclic esters (lactones) is 1. The van der Waals surface area contributed by atoms with Crippen molar-refractivity contribution in [3.63, 3.8) is 0 Å². The first-order chi connectivity index (χ1) is 33.7. The second-order valence-corrected chi connectivity index (χ2v) is 19.6. The Bertz CT molecular complexity index is 3500. The highest BCUT2D eigenvalue weighted by Gasteiger charge is 2.49. The average molecular weight is 1010 g/mol. The molecule has 1 aliphatic rings. The van der Waals surface area contributed by atoms with Crippen LogP contribution in [0.1, 0.15) is 101 Å². The van der Waals surface area contributed by atoms with Gasteiger partial charge in [-0.25, -0.2) is 4.79 Å². The van der Waals surface area contributed by atoms with Crippen LogP contribution in [0, 0.1) is 27.7 Å². The zero-order valence-electron chi connectivity index (χ0n) is 40.9. The summed E-state index contributed by atoms with van der Waals surface area (Å²) in [5, 5.41) is 4.03. The van der Waals surface area contributed by atoms with Crippen LogP contribution in [0.15, 0.2) is 109 Å². The lowest BCUT2D eigenvalue weighted by Gasteiger charge is -2.28. The maximum Gasteiger partial charge on any atom is 0.341 e. The van der Waals surface area contributed by atoms with Gasteiger partial charge in [-0.1, -0.05) is 119 Å². The molecule has 0 radical (unpaired) electrons. The number of esters is 1. The Balaban J connectivity index is 1.48. The summed E-state index contributed by atoms with van der Waals surface area (Å²) in [6.45, 7) is 18.4. The molecule has 358 valence electrons. The summed E-state index contributed by atoms with van der Waals surface area (Å²) in [6.07, 6.45) is 3.50. The quantitative estimate of drug-likeness (QED) is 0.0695. The van der Waals surface area contributed by atoms with Crippen LogP contribution in [0.2, 0.25) is 20.1 Å². The van der Waals surface area contributed by atoms with Crippen LogP contribution in [0.5, 0.6) is 0 Å². The van der Waals surface area contributed by atoms with Gasteiger partial charge in [-0.05, 0) is 103 Å². The lowest BCUT2D eigenvalue weighted by Crippen LogP contribution is -2.23. The molecule has 70 heavy (non-hydrogen) atoms. The van der Waals surface area contributed by atoms with E-state index in [2.05, 4.69) is 157 Å². The Hall–Kier alpha value is -5.71. The molecule has 5 heterocycles. The second-order valence-electron chi connectivity index (χ2n) is 18.1. The van der Waals surface area contributed by atoms with Crippen LogP contribution < -0.4 is 0 Å². The largest absolute Gasteiger partial charge is 0.442 e. The molecule has 0 saturated carbocycles. The van der Waals surface area contributed by atoms with Gasteiger partial charge in [-0.3, -0.25) is 0 Å². The van der Waals surface area contributed by atoms with Crippen molar-refractivity contribution in [2.45, 2.75) is 86.5 Å². The Morgan fingerprint density at radius 3 is 1.27 bits per heavy atom. The topological polar surface area (TPSA) is 64.5 Å². The summed E-state index contributed by atoms with van der Waals surface area (Å²) < 4.78 is 28.3. The van der Waals surface area contributed by atoms with Gasteiger partial charge in [0.2, 0.25) is 0 Å². The predicted octanol–water partition coefficient (Wildman–Crippen LogP) is 16.4. The summed E-state index contributed by atoms with van der Waals surface area (Å²) in [4.78, 5) is 15.1. The monoisotopic (exact) mass is 1010 g/mol. The highest BCUT2D eigenvalue weighted by Crippen LogP contribution is 2.56. The molecule has 9 aromatic rings. The van der Waals surface area contributed by atoms with Crippen molar-refractivity contribution < 1.29 is 19.0 Å². The van der Waals surface area contributed by atoms with Crippen molar-refractivity contribution in [1.29, 1.82) is 0 Å². The van der Waals surface area contributed by atoms with Crippen molar-refractivity contribution in [3.05, 3.63) is 185 Å². The summed E-state index contributed by atoms with van der Waals surface area (Å²) in [5.41, 5.74) is 12.0. The zero-order valence-corrected chi connectivity index (χ0v) is 43.9. The maximum absolute atomic E-state index is 15.1. The molecule has 0 N–H and O–H groups in total. The van der Waals surface area contributed by atoms with Crippen LogP contribution in [-0.4, -0.2) is 38.5 Å². The van der Waals surface area contributed by atoms with Crippen LogP contribution in [-0.2, 0) is 32.9 Å². The number of para-hydroxylation sites is 4. The van der Waals surface area contributed by atoms with Crippen molar-refractivity contribution in [3.8, 4) is 0 Å². The number of rotatable bonds is 12. The molecule has 0 amide bonds. The number of hydrogen-bond acceptors (Lipinski definition) is 4. The van der Waals surface area contributed by atoms with Gasteiger partial charge >= 0.3 is 5.97 Å². The van der Waals surface area contributed by atoms with E-state index in [1.54, 1.807) is 14.2 Å². The molecule has 2 atom stereocenters. The van der Waals surface area contributed by atoms with Crippen LogP contribution in [0.25, 0.3) is 54.8 Å². The fourth-order valence-electron chi connectivity index (χ4n) is 11.6. The minimum atomic E-state index is -1.79. The number of benzene rings is 5. The molecule has 1 aliphatic heterocycles. The number of hydrogen-bond donors (Lipinski definition) is 0. The fourth-order valence-corrected chi connectivity index (χ4v) is 12.7. The number of carbonyl (C=O) groups is 1. The Labute approximate surface area is 428 Å². The minimum absolute atomic E-state index is 0.0144. The lowest BCUT2D eigenvalue weighted by atomic mass is 9.81. The van der Waals surface area contributed by atoms with Crippen molar-refractivity contribution >= 4 is 107 Å². The predicted molar refractivity (Wildman–Crippen MR) is 289 cm³/mol. The standard InChI is InChI=1S/C58H54Cl4N4O4/c1-11-63-31(3)47(37-21-13-17-25-43(37)63)41(49-33(5)65(35(7)68-9)45-27-19-15-23-39(45)49)29-58(52-51(57(67)70-58)53(59)55(61)56(62)54(52)60)30-42(48-32(4)64(12-2)44-26-18-14-22-38(44)48)50-34(6)66(36(8)69-10)46-28-20-16-24-40(46)50/h13-30,35-36H,11-12H2,1-10H3/b41-29+,42-30+. The number of fused-ring (bicyclic) bond motifs is 5. The molecule has 0 fully saturated rings. The number of ether oxygens (including phenoxy) is 3. The number of carbonyl (C=O) groups excluding carboxylic acids is 1. The summed E-state index contributed by atoms with van der Waals surface area (Å²) in [6, 6.07) is 33.6. The van der Waals surface area contributed by atoms with Crippen LogP contribution >= 0.6 is 46.4 Å². The van der Waals surface area contributed by atoms with Gasteiger partial charge in [0.05, 0.1) is 36.7 Å². The van der Waals surface area contributed by atoms with E-state index >= 15 is 4.79 Å². The molecule has 0 spiro atoms. The molecule has 4 aromatic heterocycles. The van der Waals surface area contributed by atoms with Crippen LogP contribution in [0.3, 0.4) is 0 Å². The Morgan fingerprint density at radius 2 is 0.886 bits per heavy atom. The summed E-state index contributed by atoms with van der Waals surface area (Å²) in [7, 11) is 3.43. The van der Waals surface area contributed by atoms with Crippen LogP contribution in [0.4, 0.5) is 0 Å². The molecular formula is C58H54Cl4N4O4. The first kappa shape index (κ1) is 47.9. The van der Waals surface area contributed by atoms with Gasteiger partial charge in [0.25, 0.3) is 0 Å². The number of aromatic nitrogens is 4. The van der Waals surface area contributed by atoms with Gasteiger partial charge in [0.1, 0.15) is 12.5 Å². The molecule has 10 rings (SSSR count).